The van der Waals surface area contributed by atoms with Crippen molar-refractivity contribution in [3.05, 3.63) is 60.4 Å². The van der Waals surface area contributed by atoms with Crippen LogP contribution < -0.4 is 4.74 Å². The molecule has 0 fully saturated rings. The van der Waals surface area contributed by atoms with Gasteiger partial charge in [0.25, 0.3) is 0 Å². The number of benzene rings is 1. The first-order chi connectivity index (χ1) is 9.38. The number of hydrogen-bond donors (Lipinski definition) is 1. The molecule has 0 atom stereocenters. The zero-order valence-corrected chi connectivity index (χ0v) is 10.2. The Morgan fingerprint density at radius 1 is 0.947 bits per heavy atom. The Balaban J connectivity index is 2.06. The quantitative estimate of drug-likeness (QED) is 0.778. The van der Waals surface area contributed by atoms with Crippen LogP contribution in [0.4, 0.5) is 0 Å². The molecule has 0 unspecified atom stereocenters. The van der Waals surface area contributed by atoms with Crippen molar-refractivity contribution in [3.8, 4) is 11.6 Å². The topological polar surface area (TPSA) is 55.2 Å². The summed E-state index contributed by atoms with van der Waals surface area (Å²) >= 11 is 0. The summed E-state index contributed by atoms with van der Waals surface area (Å²) in [6.45, 7) is -0.105. The number of rotatable bonds is 3. The SMILES string of the molecule is OCc1cccnc1Oc1cccc2ncccc12. The minimum Gasteiger partial charge on any atom is -0.438 e. The Morgan fingerprint density at radius 2 is 1.79 bits per heavy atom. The second kappa shape index (κ2) is 5.04. The van der Waals surface area contributed by atoms with E-state index in [0.717, 1.165) is 10.9 Å². The van der Waals surface area contributed by atoms with E-state index in [9.17, 15) is 5.11 Å². The Morgan fingerprint density at radius 3 is 2.68 bits per heavy atom. The summed E-state index contributed by atoms with van der Waals surface area (Å²) in [4.78, 5) is 8.43. The number of ether oxygens (including phenoxy) is 1. The van der Waals surface area contributed by atoms with E-state index in [1.807, 2.05) is 30.3 Å². The number of pyridine rings is 2. The molecule has 2 heterocycles. The summed E-state index contributed by atoms with van der Waals surface area (Å²) in [7, 11) is 0. The molecule has 3 rings (SSSR count). The maximum atomic E-state index is 9.28. The molecule has 19 heavy (non-hydrogen) atoms. The summed E-state index contributed by atoms with van der Waals surface area (Å²) in [5, 5.41) is 10.2. The zero-order chi connectivity index (χ0) is 13.1. The third kappa shape index (κ3) is 2.26. The van der Waals surface area contributed by atoms with Crippen LogP contribution in [0, 0.1) is 0 Å². The monoisotopic (exact) mass is 252 g/mol. The highest BCUT2D eigenvalue weighted by molar-refractivity contribution is 5.85. The van der Waals surface area contributed by atoms with E-state index < -0.39 is 0 Å². The Hall–Kier alpha value is -2.46. The fourth-order valence-electron chi connectivity index (χ4n) is 1.90. The zero-order valence-electron chi connectivity index (χ0n) is 10.2. The molecule has 1 aromatic carbocycles. The van der Waals surface area contributed by atoms with Crippen molar-refractivity contribution in [2.75, 3.05) is 0 Å². The van der Waals surface area contributed by atoms with Crippen molar-refractivity contribution in [1.82, 2.24) is 9.97 Å². The van der Waals surface area contributed by atoms with Gasteiger partial charge in [-0.1, -0.05) is 6.07 Å². The molecule has 0 aliphatic heterocycles. The minimum atomic E-state index is -0.105. The number of aliphatic hydroxyl groups excluding tert-OH is 1. The van der Waals surface area contributed by atoms with Gasteiger partial charge in [0.05, 0.1) is 12.1 Å². The third-order valence-corrected chi connectivity index (χ3v) is 2.83. The molecular weight excluding hydrogens is 240 g/mol. The van der Waals surface area contributed by atoms with Crippen LogP contribution in [0.5, 0.6) is 11.6 Å². The molecule has 0 saturated carbocycles. The molecule has 0 saturated heterocycles. The Labute approximate surface area is 110 Å². The smallest absolute Gasteiger partial charge is 0.224 e. The maximum absolute atomic E-state index is 9.28. The first-order valence-electron chi connectivity index (χ1n) is 5.95. The lowest BCUT2D eigenvalue weighted by Crippen LogP contribution is -1.95. The van der Waals surface area contributed by atoms with Gasteiger partial charge >= 0.3 is 0 Å². The third-order valence-electron chi connectivity index (χ3n) is 2.83. The van der Waals surface area contributed by atoms with E-state index >= 15 is 0 Å². The first-order valence-corrected chi connectivity index (χ1v) is 5.95. The number of hydrogen-bond acceptors (Lipinski definition) is 4. The number of nitrogens with zero attached hydrogens (tertiary/aromatic N) is 2. The Bertz CT molecular complexity index is 708. The lowest BCUT2D eigenvalue weighted by molar-refractivity contribution is 0.275. The fourth-order valence-corrected chi connectivity index (χ4v) is 1.90. The van der Waals surface area contributed by atoms with Crippen LogP contribution in [0.2, 0.25) is 0 Å². The number of aromatic nitrogens is 2. The summed E-state index contributed by atoms with van der Waals surface area (Å²) in [6.07, 6.45) is 3.38. The maximum Gasteiger partial charge on any atom is 0.224 e. The second-order valence-electron chi connectivity index (χ2n) is 4.05. The molecule has 2 aromatic heterocycles. The molecule has 0 aliphatic carbocycles. The van der Waals surface area contributed by atoms with Gasteiger partial charge in [-0.2, -0.15) is 0 Å². The van der Waals surface area contributed by atoms with E-state index in [2.05, 4.69) is 9.97 Å². The molecule has 94 valence electrons. The van der Waals surface area contributed by atoms with E-state index in [1.165, 1.54) is 0 Å². The van der Waals surface area contributed by atoms with E-state index in [4.69, 9.17) is 4.74 Å². The highest BCUT2D eigenvalue weighted by Gasteiger charge is 2.07. The van der Waals surface area contributed by atoms with Gasteiger partial charge in [-0.25, -0.2) is 4.98 Å². The molecule has 0 spiro atoms. The summed E-state index contributed by atoms with van der Waals surface area (Å²) in [5.74, 6) is 1.10. The molecule has 0 aliphatic rings. The number of fused-ring (bicyclic) bond motifs is 1. The molecule has 4 heteroatoms. The molecule has 1 N–H and O–H groups in total. The largest absolute Gasteiger partial charge is 0.438 e. The average Bonchev–Trinajstić information content (AvgIpc) is 2.48. The molecular formula is C15H12N2O2. The lowest BCUT2D eigenvalue weighted by atomic mass is 10.2. The van der Waals surface area contributed by atoms with Gasteiger partial charge in [0.2, 0.25) is 5.88 Å². The van der Waals surface area contributed by atoms with Crippen molar-refractivity contribution < 1.29 is 9.84 Å². The average molecular weight is 252 g/mol. The Kier molecular flexibility index (Phi) is 3.08. The standard InChI is InChI=1S/C15H12N2O2/c18-10-11-4-2-9-17-15(11)19-14-7-1-6-13-12(14)5-3-8-16-13/h1-9,18H,10H2. The van der Waals surface area contributed by atoms with E-state index in [-0.39, 0.29) is 6.61 Å². The second-order valence-corrected chi connectivity index (χ2v) is 4.05. The van der Waals surface area contributed by atoms with Crippen LogP contribution in [0.25, 0.3) is 10.9 Å². The van der Waals surface area contributed by atoms with Gasteiger partial charge in [0.15, 0.2) is 0 Å². The van der Waals surface area contributed by atoms with Crippen LogP contribution in [-0.4, -0.2) is 15.1 Å². The lowest BCUT2D eigenvalue weighted by Gasteiger charge is -2.10. The van der Waals surface area contributed by atoms with Crippen LogP contribution in [0.3, 0.4) is 0 Å². The van der Waals surface area contributed by atoms with Crippen molar-refractivity contribution in [3.63, 3.8) is 0 Å². The molecule has 3 aromatic rings. The van der Waals surface area contributed by atoms with Gasteiger partial charge in [0, 0.05) is 23.3 Å². The highest BCUT2D eigenvalue weighted by Crippen LogP contribution is 2.29. The normalized spacial score (nSPS) is 10.6. The van der Waals surface area contributed by atoms with Gasteiger partial charge in [-0.05, 0) is 36.4 Å². The molecule has 4 nitrogen and oxygen atoms in total. The van der Waals surface area contributed by atoms with Crippen molar-refractivity contribution in [2.24, 2.45) is 0 Å². The molecule has 0 radical (unpaired) electrons. The molecule has 0 amide bonds. The van der Waals surface area contributed by atoms with Crippen molar-refractivity contribution in [2.45, 2.75) is 6.61 Å². The first kappa shape index (κ1) is 11.6. The van der Waals surface area contributed by atoms with Crippen LogP contribution >= 0.6 is 0 Å². The van der Waals surface area contributed by atoms with Crippen LogP contribution in [-0.2, 0) is 6.61 Å². The van der Waals surface area contributed by atoms with Gasteiger partial charge in [-0.15, -0.1) is 0 Å². The van der Waals surface area contributed by atoms with Crippen molar-refractivity contribution >= 4 is 10.9 Å². The summed E-state index contributed by atoms with van der Waals surface area (Å²) in [6, 6.07) is 13.0. The highest BCUT2D eigenvalue weighted by atomic mass is 16.5. The van der Waals surface area contributed by atoms with Gasteiger partial charge in [0.1, 0.15) is 5.75 Å². The van der Waals surface area contributed by atoms with Crippen molar-refractivity contribution in [1.29, 1.82) is 0 Å². The van der Waals surface area contributed by atoms with Gasteiger partial charge < -0.3 is 9.84 Å². The summed E-state index contributed by atoms with van der Waals surface area (Å²) < 4.78 is 5.80. The van der Waals surface area contributed by atoms with E-state index in [0.29, 0.717) is 17.2 Å². The van der Waals surface area contributed by atoms with E-state index in [1.54, 1.807) is 24.5 Å². The predicted octanol–water partition coefficient (Wildman–Crippen LogP) is 2.91. The fraction of sp³-hybridized carbons (Fsp3) is 0.0667. The predicted molar refractivity (Wildman–Crippen MR) is 72.0 cm³/mol. The molecule has 0 bridgehead atoms. The van der Waals surface area contributed by atoms with Gasteiger partial charge in [-0.3, -0.25) is 4.98 Å². The minimum absolute atomic E-state index is 0.105. The van der Waals surface area contributed by atoms with Crippen LogP contribution in [0.1, 0.15) is 5.56 Å². The number of aliphatic hydroxyl groups is 1. The van der Waals surface area contributed by atoms with Crippen LogP contribution in [0.15, 0.2) is 54.9 Å². The summed E-state index contributed by atoms with van der Waals surface area (Å²) in [5.41, 5.74) is 1.52.